The number of hydrogen-bond donors (Lipinski definition) is 1. The molecule has 2 aliphatic rings. The van der Waals surface area contributed by atoms with Crippen molar-refractivity contribution in [1.82, 2.24) is 30.5 Å². The van der Waals surface area contributed by atoms with Crippen molar-refractivity contribution in [3.63, 3.8) is 0 Å². The molecule has 11 heteroatoms. The number of carbonyl (C=O) groups is 1. The van der Waals surface area contributed by atoms with Crippen LogP contribution in [0.5, 0.6) is 5.88 Å². The van der Waals surface area contributed by atoms with Crippen LogP contribution in [0.4, 0.5) is 10.2 Å². The van der Waals surface area contributed by atoms with E-state index in [0.29, 0.717) is 36.2 Å². The maximum atomic E-state index is 14.2. The number of likely N-dealkylation sites (tertiary alicyclic amines) is 1. The monoisotopic (exact) mass is 599 g/mol. The summed E-state index contributed by atoms with van der Waals surface area (Å²) in [6, 6.07) is 10.2. The number of nitrogens with zero attached hydrogens (tertiary/aromatic N) is 6. The molecule has 4 rings (SSSR count). The van der Waals surface area contributed by atoms with Crippen molar-refractivity contribution in [3.05, 3.63) is 42.0 Å². The van der Waals surface area contributed by atoms with Crippen LogP contribution < -0.4 is 15.2 Å². The highest BCUT2D eigenvalue weighted by Crippen LogP contribution is 2.50. The predicted octanol–water partition coefficient (Wildman–Crippen LogP) is 4.58. The zero-order valence-electron chi connectivity index (χ0n) is 26.8. The Labute approximate surface area is 256 Å². The number of nitrogens with one attached hydrogen (secondary N) is 1. The number of aromatic nitrogens is 3. The van der Waals surface area contributed by atoms with E-state index in [1.165, 1.54) is 12.8 Å². The number of benzene rings is 1. The Morgan fingerprint density at radius 3 is 2.56 bits per heavy atom. The highest BCUT2D eigenvalue weighted by molar-refractivity contribution is 5.93. The van der Waals surface area contributed by atoms with Gasteiger partial charge in [0.05, 0.1) is 0 Å². The van der Waals surface area contributed by atoms with Gasteiger partial charge in [-0.2, -0.15) is 14.9 Å². The summed E-state index contributed by atoms with van der Waals surface area (Å²) in [5.41, 5.74) is 2.94. The minimum absolute atomic E-state index is 0.00720. The standard InChI is InChI=1S/C32H50FN7O3/c1-7-27-32(22-40(27)26(23(2)3)15-11-17-38(24(4)5)18-12-20-42-6)16-19-39(21-32)28-30(35-36-31(33)34-28)43-37-29(41)25-13-9-8-10-14-25/h8-10,13-14,23-24,26-27H,7,11-12,15-22H2,1-6H3,(H,37,41). The van der Waals surface area contributed by atoms with Gasteiger partial charge < -0.3 is 19.4 Å². The van der Waals surface area contributed by atoms with E-state index < -0.39 is 12.0 Å². The average molecular weight is 600 g/mol. The lowest BCUT2D eigenvalue weighted by molar-refractivity contribution is -0.103. The van der Waals surface area contributed by atoms with Crippen molar-refractivity contribution in [2.75, 3.05) is 51.3 Å². The summed E-state index contributed by atoms with van der Waals surface area (Å²) in [6.07, 6.45) is 4.51. The van der Waals surface area contributed by atoms with Crippen molar-refractivity contribution < 1.29 is 18.8 Å². The molecule has 3 atom stereocenters. The molecule has 3 heterocycles. The van der Waals surface area contributed by atoms with Gasteiger partial charge in [0.15, 0.2) is 0 Å². The van der Waals surface area contributed by atoms with E-state index in [2.05, 4.69) is 65.1 Å². The van der Waals surface area contributed by atoms with Crippen LogP contribution in [0.15, 0.2) is 30.3 Å². The number of hydroxylamine groups is 1. The van der Waals surface area contributed by atoms with Gasteiger partial charge in [0.1, 0.15) is 0 Å². The van der Waals surface area contributed by atoms with E-state index in [-0.39, 0.29) is 17.1 Å². The summed E-state index contributed by atoms with van der Waals surface area (Å²) in [4.78, 5) is 29.4. The minimum atomic E-state index is -0.919. The third-order valence-electron chi connectivity index (χ3n) is 9.23. The molecule has 1 amide bonds. The topological polar surface area (TPSA) is 96.0 Å². The average Bonchev–Trinajstić information content (AvgIpc) is 3.44. The van der Waals surface area contributed by atoms with E-state index in [4.69, 9.17) is 9.57 Å². The predicted molar refractivity (Wildman–Crippen MR) is 165 cm³/mol. The molecule has 43 heavy (non-hydrogen) atoms. The summed E-state index contributed by atoms with van der Waals surface area (Å²) in [5, 5.41) is 7.32. The third kappa shape index (κ3) is 7.99. The largest absolute Gasteiger partial charge is 0.385 e. The van der Waals surface area contributed by atoms with Crippen molar-refractivity contribution in [2.45, 2.75) is 84.8 Å². The lowest BCUT2D eigenvalue weighted by Crippen LogP contribution is -2.68. The van der Waals surface area contributed by atoms with Gasteiger partial charge in [-0.05, 0) is 70.5 Å². The first-order chi connectivity index (χ1) is 20.7. The molecule has 1 aromatic carbocycles. The second kappa shape index (κ2) is 15.2. The van der Waals surface area contributed by atoms with Crippen LogP contribution in [0.1, 0.15) is 77.1 Å². The number of anilines is 1. The first kappa shape index (κ1) is 33.0. The molecule has 2 saturated heterocycles. The van der Waals surface area contributed by atoms with Gasteiger partial charge in [-0.25, -0.2) is 0 Å². The molecule has 10 nitrogen and oxygen atoms in total. The highest BCUT2D eigenvalue weighted by Gasteiger charge is 2.57. The maximum absolute atomic E-state index is 14.2. The zero-order chi connectivity index (χ0) is 31.0. The first-order valence-electron chi connectivity index (χ1n) is 15.8. The van der Waals surface area contributed by atoms with Crippen LogP contribution in [-0.2, 0) is 4.74 Å². The highest BCUT2D eigenvalue weighted by atomic mass is 19.1. The van der Waals surface area contributed by atoms with Crippen LogP contribution in [0, 0.1) is 17.4 Å². The molecule has 1 spiro atoms. The number of carbonyl (C=O) groups excluding carboxylic acids is 1. The fourth-order valence-electron chi connectivity index (χ4n) is 7.04. The number of amides is 1. The van der Waals surface area contributed by atoms with Gasteiger partial charge in [-0.15, -0.1) is 5.10 Å². The lowest BCUT2D eigenvalue weighted by atomic mass is 9.68. The molecule has 1 aromatic heterocycles. The van der Waals surface area contributed by atoms with Gasteiger partial charge in [0.2, 0.25) is 5.82 Å². The van der Waals surface area contributed by atoms with Crippen LogP contribution in [0.25, 0.3) is 0 Å². The zero-order valence-corrected chi connectivity index (χ0v) is 26.8. The molecule has 3 unspecified atom stereocenters. The van der Waals surface area contributed by atoms with Gasteiger partial charge >= 0.3 is 12.0 Å². The summed E-state index contributed by atoms with van der Waals surface area (Å²) >= 11 is 0. The molecule has 1 N–H and O–H groups in total. The Bertz CT molecular complexity index is 1170. The first-order valence-corrected chi connectivity index (χ1v) is 15.8. The van der Waals surface area contributed by atoms with E-state index in [1.54, 1.807) is 31.4 Å². The number of halogens is 1. The summed E-state index contributed by atoms with van der Waals surface area (Å²) < 4.78 is 19.5. The minimum Gasteiger partial charge on any atom is -0.385 e. The fourth-order valence-corrected chi connectivity index (χ4v) is 7.04. The van der Waals surface area contributed by atoms with E-state index in [1.807, 2.05) is 11.0 Å². The Kier molecular flexibility index (Phi) is 11.7. The van der Waals surface area contributed by atoms with Gasteiger partial charge in [-0.1, -0.05) is 44.1 Å². The van der Waals surface area contributed by atoms with E-state index in [9.17, 15) is 9.18 Å². The number of hydrogen-bond acceptors (Lipinski definition) is 9. The smallest absolute Gasteiger partial charge is 0.329 e. The Hall–Kier alpha value is -2.89. The van der Waals surface area contributed by atoms with Gasteiger partial charge in [-0.3, -0.25) is 9.69 Å². The van der Waals surface area contributed by atoms with E-state index >= 15 is 0 Å². The van der Waals surface area contributed by atoms with Crippen molar-refractivity contribution >= 4 is 11.7 Å². The Balaban J connectivity index is 1.38. The van der Waals surface area contributed by atoms with Crippen molar-refractivity contribution in [3.8, 4) is 5.88 Å². The summed E-state index contributed by atoms with van der Waals surface area (Å²) in [7, 11) is 1.77. The molecule has 2 aliphatic heterocycles. The Morgan fingerprint density at radius 1 is 1.14 bits per heavy atom. The maximum Gasteiger partial charge on any atom is 0.329 e. The van der Waals surface area contributed by atoms with Crippen LogP contribution >= 0.6 is 0 Å². The summed E-state index contributed by atoms with van der Waals surface area (Å²) in [6.45, 7) is 16.9. The molecule has 0 bridgehead atoms. The molecular formula is C32H50FN7O3. The van der Waals surface area contributed by atoms with Crippen molar-refractivity contribution in [2.24, 2.45) is 11.3 Å². The molecule has 238 valence electrons. The molecule has 0 aliphatic carbocycles. The fraction of sp³-hybridized carbons (Fsp3) is 0.688. The van der Waals surface area contributed by atoms with Crippen LogP contribution in [-0.4, -0.2) is 95.5 Å². The number of rotatable bonds is 16. The second-order valence-electron chi connectivity index (χ2n) is 12.7. The second-order valence-corrected chi connectivity index (χ2v) is 12.7. The van der Waals surface area contributed by atoms with Crippen LogP contribution in [0.2, 0.25) is 0 Å². The van der Waals surface area contributed by atoms with Crippen molar-refractivity contribution in [1.29, 1.82) is 0 Å². The third-order valence-corrected chi connectivity index (χ3v) is 9.23. The summed E-state index contributed by atoms with van der Waals surface area (Å²) in [5.74, 6) is 0.390. The molecular weight excluding hydrogens is 549 g/mol. The number of methoxy groups -OCH3 is 1. The molecule has 0 radical (unpaired) electrons. The molecule has 2 fully saturated rings. The van der Waals surface area contributed by atoms with E-state index in [0.717, 1.165) is 52.0 Å². The molecule has 0 saturated carbocycles. The Morgan fingerprint density at radius 2 is 1.88 bits per heavy atom. The molecule has 2 aromatic rings. The normalized spacial score (nSPS) is 21.2. The SMILES string of the molecule is CCC1N(C(CCCN(CCCOC)C(C)C)C(C)C)CC12CCN(c1nc(F)nnc1ONC(=O)c1ccccc1)C2. The number of ether oxygens (including phenoxy) is 1. The van der Waals surface area contributed by atoms with Crippen LogP contribution in [0.3, 0.4) is 0 Å². The lowest BCUT2D eigenvalue weighted by Gasteiger charge is -2.60. The quantitative estimate of drug-likeness (QED) is 0.220. The van der Waals surface area contributed by atoms with Gasteiger partial charge in [0.25, 0.3) is 5.91 Å². The van der Waals surface area contributed by atoms with Gasteiger partial charge in [0, 0.05) is 69.0 Å².